The number of amides is 3. The van der Waals surface area contributed by atoms with Crippen molar-refractivity contribution in [2.75, 3.05) is 6.54 Å². The molecule has 0 saturated heterocycles. The van der Waals surface area contributed by atoms with Gasteiger partial charge in [0.05, 0.1) is 6.04 Å². The summed E-state index contributed by atoms with van der Waals surface area (Å²) in [7, 11) is 0. The van der Waals surface area contributed by atoms with Gasteiger partial charge >= 0.3 is 11.9 Å². The largest absolute Gasteiger partial charge is 0.481 e. The second-order valence-corrected chi connectivity index (χ2v) is 10.2. The summed E-state index contributed by atoms with van der Waals surface area (Å²) in [6.45, 7) is 3.55. The summed E-state index contributed by atoms with van der Waals surface area (Å²) in [5.41, 5.74) is 18.1. The Balaban J connectivity index is 2.24. The summed E-state index contributed by atoms with van der Waals surface area (Å²) in [6.07, 6.45) is 1.17. The third kappa shape index (κ3) is 10.4. The maximum Gasteiger partial charge on any atom is 0.326 e. The van der Waals surface area contributed by atoms with Crippen LogP contribution in [0.3, 0.4) is 0 Å². The normalized spacial score (nSPS) is 13.9. The van der Waals surface area contributed by atoms with Crippen molar-refractivity contribution >= 4 is 46.5 Å². The molecule has 230 valence electrons. The van der Waals surface area contributed by atoms with Crippen LogP contribution in [0.25, 0.3) is 10.9 Å². The van der Waals surface area contributed by atoms with Crippen molar-refractivity contribution in [1.29, 1.82) is 0 Å². The number of hydrogen-bond acceptors (Lipinski definition) is 7. The molecule has 0 bridgehead atoms. The smallest absolute Gasteiger partial charge is 0.326 e. The van der Waals surface area contributed by atoms with Crippen molar-refractivity contribution < 1.29 is 34.2 Å². The lowest BCUT2D eigenvalue weighted by molar-refractivity contribution is -0.142. The highest BCUT2D eigenvalue weighted by atomic mass is 16.4. The molecule has 1 aromatic heterocycles. The maximum absolute atomic E-state index is 13.3. The summed E-state index contributed by atoms with van der Waals surface area (Å²) >= 11 is 0. The van der Waals surface area contributed by atoms with Gasteiger partial charge in [-0.1, -0.05) is 32.0 Å². The Labute approximate surface area is 242 Å². The zero-order chi connectivity index (χ0) is 31.4. The lowest BCUT2D eigenvalue weighted by Gasteiger charge is -2.25. The highest BCUT2D eigenvalue weighted by molar-refractivity contribution is 5.94. The monoisotopic (exact) mass is 588 g/mol. The zero-order valence-electron chi connectivity index (χ0n) is 23.6. The number of guanidine groups is 1. The molecule has 0 fully saturated rings. The van der Waals surface area contributed by atoms with Crippen LogP contribution in [-0.2, 0) is 30.4 Å². The number of carboxylic acid groups (broad SMARTS) is 2. The SMILES string of the molecule is CC(C)C(N)C(=O)NC(CCC(=O)O)C(=O)NC(CCCN=C(N)N)C(=O)NC(Cc1c[nH]c2ccccc12)C(=O)O. The van der Waals surface area contributed by atoms with Crippen molar-refractivity contribution in [2.45, 2.75) is 70.1 Å². The lowest BCUT2D eigenvalue weighted by Crippen LogP contribution is -2.57. The van der Waals surface area contributed by atoms with E-state index in [0.29, 0.717) is 5.56 Å². The highest BCUT2D eigenvalue weighted by Crippen LogP contribution is 2.19. The molecular formula is C27H40N8O7. The van der Waals surface area contributed by atoms with Crippen molar-refractivity contribution in [3.63, 3.8) is 0 Å². The number of nitrogens with one attached hydrogen (secondary N) is 4. The quantitative estimate of drug-likeness (QED) is 0.0627. The molecule has 0 aliphatic carbocycles. The standard InChI is InChI=1S/C27H40N8O7/c1-14(2)22(28)25(40)34-19(9-10-21(36)37)24(39)33-18(8-5-11-31-27(29)30)23(38)35-20(26(41)42)12-15-13-32-17-7-4-3-6-16(15)17/h3-4,6-7,13-14,18-20,22,32H,5,8-12,28H2,1-2H3,(H,33,39)(H,34,40)(H,35,38)(H,36,37)(H,41,42)(H4,29,30,31). The summed E-state index contributed by atoms with van der Waals surface area (Å²) in [4.78, 5) is 69.3. The van der Waals surface area contributed by atoms with Crippen molar-refractivity contribution in [3.8, 4) is 0 Å². The maximum atomic E-state index is 13.3. The van der Waals surface area contributed by atoms with Gasteiger partial charge < -0.3 is 48.3 Å². The Morgan fingerprint density at radius 3 is 2.10 bits per heavy atom. The molecule has 42 heavy (non-hydrogen) atoms. The van der Waals surface area contributed by atoms with Crippen LogP contribution in [-0.4, -0.2) is 81.5 Å². The summed E-state index contributed by atoms with van der Waals surface area (Å²) in [6, 6.07) is 2.45. The minimum atomic E-state index is -1.33. The minimum Gasteiger partial charge on any atom is -0.481 e. The molecule has 12 N–H and O–H groups in total. The summed E-state index contributed by atoms with van der Waals surface area (Å²) < 4.78 is 0. The van der Waals surface area contributed by atoms with Crippen LogP contribution in [0.1, 0.15) is 45.1 Å². The van der Waals surface area contributed by atoms with Gasteiger partial charge in [0.15, 0.2) is 5.96 Å². The first-order chi connectivity index (χ1) is 19.8. The number of aliphatic carboxylic acids is 2. The molecule has 4 unspecified atom stereocenters. The van der Waals surface area contributed by atoms with E-state index >= 15 is 0 Å². The average Bonchev–Trinajstić information content (AvgIpc) is 3.33. The number of carbonyl (C=O) groups is 5. The number of nitrogens with zero attached hydrogens (tertiary/aromatic N) is 1. The van der Waals surface area contributed by atoms with Gasteiger partial charge in [0.1, 0.15) is 18.1 Å². The van der Waals surface area contributed by atoms with Gasteiger partial charge in [0.2, 0.25) is 17.7 Å². The Hall–Kier alpha value is -4.66. The van der Waals surface area contributed by atoms with Crippen molar-refractivity contribution in [3.05, 3.63) is 36.0 Å². The number of hydrogen-bond donors (Lipinski definition) is 9. The lowest BCUT2D eigenvalue weighted by atomic mass is 10.0. The second kappa shape index (κ2) is 16.0. The predicted molar refractivity (Wildman–Crippen MR) is 155 cm³/mol. The third-order valence-corrected chi connectivity index (χ3v) is 6.59. The number of benzene rings is 1. The first-order valence-electron chi connectivity index (χ1n) is 13.5. The molecule has 15 nitrogen and oxygen atoms in total. The van der Waals surface area contributed by atoms with Gasteiger partial charge in [-0.05, 0) is 36.8 Å². The number of aromatic amines is 1. The highest BCUT2D eigenvalue weighted by Gasteiger charge is 2.31. The fourth-order valence-electron chi connectivity index (χ4n) is 4.14. The molecule has 0 saturated carbocycles. The van der Waals surface area contributed by atoms with E-state index in [4.69, 9.17) is 22.3 Å². The molecule has 0 aliphatic rings. The van der Waals surface area contributed by atoms with Gasteiger partial charge in [0.25, 0.3) is 0 Å². The molecule has 1 heterocycles. The van der Waals surface area contributed by atoms with E-state index in [1.807, 2.05) is 24.3 Å². The van der Waals surface area contributed by atoms with Crippen LogP contribution in [0, 0.1) is 5.92 Å². The van der Waals surface area contributed by atoms with E-state index in [1.54, 1.807) is 20.0 Å². The van der Waals surface area contributed by atoms with E-state index in [9.17, 15) is 29.1 Å². The number of aliphatic imine (C=N–C) groups is 1. The molecule has 2 rings (SSSR count). The average molecular weight is 589 g/mol. The number of carboxylic acids is 2. The Morgan fingerprint density at radius 2 is 1.50 bits per heavy atom. The molecule has 2 aromatic rings. The number of carbonyl (C=O) groups excluding carboxylic acids is 3. The van der Waals surface area contributed by atoms with Crippen LogP contribution in [0.5, 0.6) is 0 Å². The molecule has 4 atom stereocenters. The number of H-pyrrole nitrogens is 1. The number of nitrogens with two attached hydrogens (primary N) is 3. The van der Waals surface area contributed by atoms with Crippen molar-refractivity contribution in [2.24, 2.45) is 28.1 Å². The molecule has 0 aliphatic heterocycles. The van der Waals surface area contributed by atoms with Crippen LogP contribution in [0.2, 0.25) is 0 Å². The fourth-order valence-corrected chi connectivity index (χ4v) is 4.14. The Morgan fingerprint density at radius 1 is 0.905 bits per heavy atom. The topological polar surface area (TPSA) is 268 Å². The van der Waals surface area contributed by atoms with E-state index in [0.717, 1.165) is 10.9 Å². The predicted octanol–water partition coefficient (Wildman–Crippen LogP) is -0.849. The summed E-state index contributed by atoms with van der Waals surface area (Å²) in [5.74, 6) is -5.17. The number of rotatable bonds is 17. The minimum absolute atomic E-state index is 0.0128. The summed E-state index contributed by atoms with van der Waals surface area (Å²) in [5, 5.41) is 27.3. The van der Waals surface area contributed by atoms with Crippen LogP contribution in [0.15, 0.2) is 35.5 Å². The third-order valence-electron chi connectivity index (χ3n) is 6.59. The van der Waals surface area contributed by atoms with E-state index < -0.39 is 60.2 Å². The molecule has 1 aromatic carbocycles. The molecule has 0 spiro atoms. The Bertz CT molecular complexity index is 1290. The van der Waals surface area contributed by atoms with Crippen LogP contribution < -0.4 is 33.2 Å². The van der Waals surface area contributed by atoms with E-state index in [2.05, 4.69) is 25.9 Å². The van der Waals surface area contributed by atoms with Gasteiger partial charge in [0, 0.05) is 36.5 Å². The van der Waals surface area contributed by atoms with E-state index in [-0.39, 0.29) is 44.1 Å². The fraction of sp³-hybridized carbons (Fsp3) is 0.481. The number of fused-ring (bicyclic) bond motifs is 1. The number of para-hydroxylation sites is 1. The van der Waals surface area contributed by atoms with Gasteiger partial charge in [-0.3, -0.25) is 24.2 Å². The Kier molecular flexibility index (Phi) is 12.7. The molecular weight excluding hydrogens is 548 g/mol. The first-order valence-corrected chi connectivity index (χ1v) is 13.5. The van der Waals surface area contributed by atoms with Crippen LogP contribution in [0.4, 0.5) is 0 Å². The van der Waals surface area contributed by atoms with Gasteiger partial charge in [-0.15, -0.1) is 0 Å². The zero-order valence-corrected chi connectivity index (χ0v) is 23.6. The van der Waals surface area contributed by atoms with Gasteiger partial charge in [-0.2, -0.15) is 0 Å². The van der Waals surface area contributed by atoms with E-state index in [1.165, 1.54) is 0 Å². The molecule has 3 amide bonds. The van der Waals surface area contributed by atoms with Gasteiger partial charge in [-0.25, -0.2) is 4.79 Å². The number of aromatic nitrogens is 1. The molecule has 15 heteroatoms. The van der Waals surface area contributed by atoms with Crippen molar-refractivity contribution in [1.82, 2.24) is 20.9 Å². The first kappa shape index (κ1) is 33.5. The second-order valence-electron chi connectivity index (χ2n) is 10.2. The van der Waals surface area contributed by atoms with Crippen LogP contribution >= 0.6 is 0 Å². The molecule has 0 radical (unpaired) electrons.